The number of nitriles is 1. The number of carbonyl (C=O) groups is 1. The lowest BCUT2D eigenvalue weighted by Crippen LogP contribution is -2.09. The molecule has 0 aliphatic carbocycles. The molecule has 0 atom stereocenters. The van der Waals surface area contributed by atoms with E-state index in [-0.39, 0.29) is 16.9 Å². The van der Waals surface area contributed by atoms with Gasteiger partial charge in [-0.15, -0.1) is 0 Å². The minimum absolute atomic E-state index is 0.0739. The zero-order valence-corrected chi connectivity index (χ0v) is 9.07. The van der Waals surface area contributed by atoms with Crippen LogP contribution in [0.2, 0.25) is 0 Å². The van der Waals surface area contributed by atoms with Gasteiger partial charge >= 0.3 is 0 Å². The monoisotopic (exact) mass is 227 g/mol. The molecule has 1 aromatic carbocycles. The standard InChI is InChI=1S/C12H9N3O2/c1-7(16)15-9-2-3-10-11(4-9)14-6-8(5-13)12(10)17/h2-4,6H,1H3,(H,14,17)(H,15,16). The Morgan fingerprint density at radius 2 is 2.24 bits per heavy atom. The molecule has 0 saturated heterocycles. The quantitative estimate of drug-likeness (QED) is 0.771. The first-order chi connectivity index (χ1) is 8.11. The zero-order chi connectivity index (χ0) is 12.4. The van der Waals surface area contributed by atoms with E-state index in [0.29, 0.717) is 16.6 Å². The van der Waals surface area contributed by atoms with E-state index in [1.165, 1.54) is 13.1 Å². The van der Waals surface area contributed by atoms with Gasteiger partial charge in [0.25, 0.3) is 0 Å². The minimum atomic E-state index is -0.310. The smallest absolute Gasteiger partial charge is 0.221 e. The van der Waals surface area contributed by atoms with Crippen molar-refractivity contribution in [2.24, 2.45) is 0 Å². The number of hydrogen-bond acceptors (Lipinski definition) is 3. The van der Waals surface area contributed by atoms with Gasteiger partial charge in [0.2, 0.25) is 11.3 Å². The molecule has 5 nitrogen and oxygen atoms in total. The van der Waals surface area contributed by atoms with Crippen LogP contribution in [0.1, 0.15) is 12.5 Å². The van der Waals surface area contributed by atoms with Crippen molar-refractivity contribution in [1.29, 1.82) is 5.26 Å². The SMILES string of the molecule is CC(=O)Nc1ccc2c(=O)c(C#N)c[nH]c2c1. The molecule has 2 rings (SSSR count). The molecule has 0 spiro atoms. The molecule has 0 aliphatic heterocycles. The summed E-state index contributed by atoms with van der Waals surface area (Å²) in [5, 5.41) is 11.8. The summed E-state index contributed by atoms with van der Waals surface area (Å²) in [7, 11) is 0. The van der Waals surface area contributed by atoms with Gasteiger partial charge in [0.05, 0.1) is 5.52 Å². The normalized spacial score (nSPS) is 9.88. The predicted molar refractivity (Wildman–Crippen MR) is 63.6 cm³/mol. The first-order valence-corrected chi connectivity index (χ1v) is 4.95. The number of benzene rings is 1. The fourth-order valence-corrected chi connectivity index (χ4v) is 1.59. The van der Waals surface area contributed by atoms with Crippen molar-refractivity contribution in [3.63, 3.8) is 0 Å². The van der Waals surface area contributed by atoms with Gasteiger partial charge in [0, 0.05) is 24.2 Å². The molecule has 0 radical (unpaired) electrons. The molecule has 17 heavy (non-hydrogen) atoms. The Hall–Kier alpha value is -2.61. The fraction of sp³-hybridized carbons (Fsp3) is 0.0833. The Kier molecular flexibility index (Phi) is 2.63. The van der Waals surface area contributed by atoms with E-state index in [1.54, 1.807) is 18.2 Å². The highest BCUT2D eigenvalue weighted by Crippen LogP contribution is 2.14. The van der Waals surface area contributed by atoms with Crippen molar-refractivity contribution >= 4 is 22.5 Å². The second kappa shape index (κ2) is 4.10. The number of carbonyl (C=O) groups excluding carboxylic acids is 1. The van der Waals surface area contributed by atoms with Gasteiger partial charge in [-0.25, -0.2) is 0 Å². The molecule has 0 aliphatic rings. The van der Waals surface area contributed by atoms with Gasteiger partial charge < -0.3 is 10.3 Å². The van der Waals surface area contributed by atoms with E-state index in [1.807, 2.05) is 6.07 Å². The topological polar surface area (TPSA) is 85.8 Å². The van der Waals surface area contributed by atoms with Crippen molar-refractivity contribution < 1.29 is 4.79 Å². The molecule has 0 bridgehead atoms. The van der Waals surface area contributed by atoms with Gasteiger partial charge in [0.15, 0.2) is 0 Å². The maximum atomic E-state index is 11.8. The summed E-state index contributed by atoms with van der Waals surface area (Å²) in [5.41, 5.74) is 0.950. The van der Waals surface area contributed by atoms with Crippen LogP contribution < -0.4 is 10.7 Å². The van der Waals surface area contributed by atoms with Crippen molar-refractivity contribution in [3.05, 3.63) is 40.2 Å². The third-order valence-electron chi connectivity index (χ3n) is 2.32. The zero-order valence-electron chi connectivity index (χ0n) is 9.07. The summed E-state index contributed by atoms with van der Waals surface area (Å²) in [5.74, 6) is -0.180. The number of anilines is 1. The lowest BCUT2D eigenvalue weighted by atomic mass is 10.1. The van der Waals surface area contributed by atoms with Crippen LogP contribution in [-0.4, -0.2) is 10.9 Å². The van der Waals surface area contributed by atoms with E-state index >= 15 is 0 Å². The molecule has 84 valence electrons. The number of amides is 1. The van der Waals surface area contributed by atoms with Gasteiger partial charge in [-0.2, -0.15) is 5.26 Å². The molecule has 2 N–H and O–H groups in total. The third kappa shape index (κ3) is 2.01. The highest BCUT2D eigenvalue weighted by atomic mass is 16.1. The minimum Gasteiger partial charge on any atom is -0.360 e. The molecule has 0 fully saturated rings. The number of aromatic amines is 1. The summed E-state index contributed by atoms with van der Waals surface area (Å²) in [4.78, 5) is 25.5. The van der Waals surface area contributed by atoms with Gasteiger partial charge in [-0.3, -0.25) is 9.59 Å². The Bertz CT molecular complexity index is 695. The number of H-pyrrole nitrogens is 1. The highest BCUT2D eigenvalue weighted by molar-refractivity contribution is 5.92. The summed E-state index contributed by atoms with van der Waals surface area (Å²) in [6.07, 6.45) is 1.36. The summed E-state index contributed by atoms with van der Waals surface area (Å²) in [6.45, 7) is 1.41. The first-order valence-electron chi connectivity index (χ1n) is 4.95. The van der Waals surface area contributed by atoms with Crippen LogP contribution in [0.4, 0.5) is 5.69 Å². The number of rotatable bonds is 1. The van der Waals surface area contributed by atoms with Crippen LogP contribution in [0.15, 0.2) is 29.2 Å². The Morgan fingerprint density at radius 1 is 1.47 bits per heavy atom. The van der Waals surface area contributed by atoms with Crippen LogP contribution in [0.5, 0.6) is 0 Å². The Balaban J connectivity index is 2.62. The Labute approximate surface area is 96.7 Å². The summed E-state index contributed by atoms with van der Waals surface area (Å²) < 4.78 is 0. The van der Waals surface area contributed by atoms with Crippen LogP contribution in [0.3, 0.4) is 0 Å². The molecule has 1 aromatic heterocycles. The van der Waals surface area contributed by atoms with Crippen molar-refractivity contribution in [2.45, 2.75) is 6.92 Å². The van der Waals surface area contributed by atoms with E-state index in [9.17, 15) is 9.59 Å². The van der Waals surface area contributed by atoms with Gasteiger partial charge in [0.1, 0.15) is 11.6 Å². The molecule has 5 heteroatoms. The van der Waals surface area contributed by atoms with Crippen LogP contribution in [0, 0.1) is 11.3 Å². The molecular formula is C12H9N3O2. The number of nitrogens with zero attached hydrogens (tertiary/aromatic N) is 1. The third-order valence-corrected chi connectivity index (χ3v) is 2.32. The molecule has 0 saturated carbocycles. The van der Waals surface area contributed by atoms with Gasteiger partial charge in [-0.05, 0) is 18.2 Å². The highest BCUT2D eigenvalue weighted by Gasteiger charge is 2.05. The summed E-state index contributed by atoms with van der Waals surface area (Å²) >= 11 is 0. The average Bonchev–Trinajstić information content (AvgIpc) is 2.28. The fourth-order valence-electron chi connectivity index (χ4n) is 1.59. The average molecular weight is 227 g/mol. The van der Waals surface area contributed by atoms with Gasteiger partial charge in [-0.1, -0.05) is 0 Å². The van der Waals surface area contributed by atoms with Crippen LogP contribution in [-0.2, 0) is 4.79 Å². The molecular weight excluding hydrogens is 218 g/mol. The number of hydrogen-bond donors (Lipinski definition) is 2. The van der Waals surface area contributed by atoms with Crippen LogP contribution >= 0.6 is 0 Å². The lowest BCUT2D eigenvalue weighted by Gasteiger charge is -2.03. The van der Waals surface area contributed by atoms with E-state index in [0.717, 1.165) is 0 Å². The maximum Gasteiger partial charge on any atom is 0.221 e. The molecule has 1 amide bonds. The second-order valence-electron chi connectivity index (χ2n) is 3.58. The predicted octanol–water partition coefficient (Wildman–Crippen LogP) is 1.36. The summed E-state index contributed by atoms with van der Waals surface area (Å²) in [6, 6.07) is 6.68. The second-order valence-corrected chi connectivity index (χ2v) is 3.58. The largest absolute Gasteiger partial charge is 0.360 e. The van der Waals surface area contributed by atoms with E-state index in [4.69, 9.17) is 5.26 Å². The lowest BCUT2D eigenvalue weighted by molar-refractivity contribution is -0.114. The van der Waals surface area contributed by atoms with Crippen molar-refractivity contribution in [3.8, 4) is 6.07 Å². The van der Waals surface area contributed by atoms with Crippen LogP contribution in [0.25, 0.3) is 10.9 Å². The number of fused-ring (bicyclic) bond motifs is 1. The Morgan fingerprint density at radius 3 is 2.88 bits per heavy atom. The van der Waals surface area contributed by atoms with E-state index < -0.39 is 0 Å². The number of nitrogens with one attached hydrogen (secondary N) is 2. The molecule has 1 heterocycles. The van der Waals surface area contributed by atoms with Crippen molar-refractivity contribution in [2.75, 3.05) is 5.32 Å². The van der Waals surface area contributed by atoms with Crippen molar-refractivity contribution in [1.82, 2.24) is 4.98 Å². The first kappa shape index (κ1) is 10.9. The number of aromatic nitrogens is 1. The number of pyridine rings is 1. The molecule has 2 aromatic rings. The molecule has 0 unspecified atom stereocenters. The maximum absolute atomic E-state index is 11.8. The van der Waals surface area contributed by atoms with E-state index in [2.05, 4.69) is 10.3 Å².